The average Bonchev–Trinajstić information content (AvgIpc) is 2.89. The minimum atomic E-state index is -3.34. The number of amides is 2. The normalized spacial score (nSPS) is 34.4. The summed E-state index contributed by atoms with van der Waals surface area (Å²) in [7, 11) is -0.0559. The van der Waals surface area contributed by atoms with E-state index in [1.54, 1.807) is 14.1 Å². The van der Waals surface area contributed by atoms with E-state index in [4.69, 9.17) is 0 Å². The van der Waals surface area contributed by atoms with Gasteiger partial charge in [0, 0.05) is 39.0 Å². The standard InChI is InChI=1S/C15H23FN2O4S/c1-17(2)13(19)10-4-7-23(21,22)12-9-18(8-11(10)12)14(20)15(16)5-3-6-15/h10-12H,3-9H2,1-2H3/t10-,11-,12-/m1/s1. The minimum Gasteiger partial charge on any atom is -0.349 e. The van der Waals surface area contributed by atoms with E-state index in [1.165, 1.54) is 9.80 Å². The van der Waals surface area contributed by atoms with E-state index in [9.17, 15) is 22.4 Å². The largest absolute Gasteiger partial charge is 0.349 e. The van der Waals surface area contributed by atoms with Crippen molar-refractivity contribution in [1.82, 2.24) is 9.80 Å². The van der Waals surface area contributed by atoms with Gasteiger partial charge < -0.3 is 9.80 Å². The van der Waals surface area contributed by atoms with Gasteiger partial charge in [-0.15, -0.1) is 0 Å². The highest BCUT2D eigenvalue weighted by Crippen LogP contribution is 2.42. The number of fused-ring (bicyclic) bond motifs is 1. The van der Waals surface area contributed by atoms with Gasteiger partial charge in [0.1, 0.15) is 0 Å². The number of hydrogen-bond acceptors (Lipinski definition) is 4. The molecule has 0 unspecified atom stereocenters. The van der Waals surface area contributed by atoms with Gasteiger partial charge in [-0.2, -0.15) is 0 Å². The molecule has 3 fully saturated rings. The summed E-state index contributed by atoms with van der Waals surface area (Å²) in [5, 5.41) is -0.738. The third kappa shape index (κ3) is 2.64. The Bertz CT molecular complexity index is 629. The van der Waals surface area contributed by atoms with Gasteiger partial charge in [0.25, 0.3) is 5.91 Å². The monoisotopic (exact) mass is 346 g/mol. The molecule has 2 aliphatic heterocycles. The highest BCUT2D eigenvalue weighted by molar-refractivity contribution is 7.92. The van der Waals surface area contributed by atoms with Crippen LogP contribution in [0.1, 0.15) is 25.7 Å². The molecule has 0 aromatic rings. The number of hydrogen-bond donors (Lipinski definition) is 0. The third-order valence-corrected chi connectivity index (χ3v) is 7.80. The second kappa shape index (κ2) is 5.43. The van der Waals surface area contributed by atoms with Gasteiger partial charge in [-0.05, 0) is 25.7 Å². The van der Waals surface area contributed by atoms with E-state index < -0.39 is 38.5 Å². The number of likely N-dealkylation sites (tertiary alicyclic amines) is 1. The molecule has 130 valence electrons. The Hall–Kier alpha value is -1.18. The summed E-state index contributed by atoms with van der Waals surface area (Å²) in [5.74, 6) is -1.57. The lowest BCUT2D eigenvalue weighted by atomic mass is 9.81. The first-order chi connectivity index (χ1) is 10.7. The van der Waals surface area contributed by atoms with Gasteiger partial charge in [0.2, 0.25) is 5.91 Å². The highest BCUT2D eigenvalue weighted by Gasteiger charge is 2.55. The zero-order valence-electron chi connectivity index (χ0n) is 13.5. The Balaban J connectivity index is 1.83. The Morgan fingerprint density at radius 3 is 2.39 bits per heavy atom. The van der Waals surface area contributed by atoms with Crippen molar-refractivity contribution in [2.24, 2.45) is 11.8 Å². The van der Waals surface area contributed by atoms with E-state index in [0.717, 1.165) is 0 Å². The van der Waals surface area contributed by atoms with Crippen molar-refractivity contribution in [2.45, 2.75) is 36.6 Å². The maximum absolute atomic E-state index is 14.4. The number of rotatable bonds is 2. The van der Waals surface area contributed by atoms with Gasteiger partial charge in [-0.1, -0.05) is 0 Å². The van der Waals surface area contributed by atoms with Crippen molar-refractivity contribution in [2.75, 3.05) is 32.9 Å². The van der Waals surface area contributed by atoms with Gasteiger partial charge in [-0.25, -0.2) is 12.8 Å². The van der Waals surface area contributed by atoms with Crippen LogP contribution in [0.15, 0.2) is 0 Å². The van der Waals surface area contributed by atoms with Crippen LogP contribution in [0, 0.1) is 11.8 Å². The smallest absolute Gasteiger partial charge is 0.260 e. The lowest BCUT2D eigenvalue weighted by molar-refractivity contribution is -0.149. The van der Waals surface area contributed by atoms with Crippen LogP contribution in [-0.2, 0) is 19.4 Å². The van der Waals surface area contributed by atoms with E-state index in [1.807, 2.05) is 0 Å². The molecule has 2 heterocycles. The molecule has 0 N–H and O–H groups in total. The molecule has 3 aliphatic rings. The first-order valence-electron chi connectivity index (χ1n) is 8.07. The van der Waals surface area contributed by atoms with Crippen LogP contribution in [-0.4, -0.2) is 73.9 Å². The van der Waals surface area contributed by atoms with Crippen molar-refractivity contribution in [3.05, 3.63) is 0 Å². The summed E-state index contributed by atoms with van der Waals surface area (Å²) >= 11 is 0. The lowest BCUT2D eigenvalue weighted by Crippen LogP contribution is -2.50. The van der Waals surface area contributed by atoms with Crippen LogP contribution < -0.4 is 0 Å². The van der Waals surface area contributed by atoms with Gasteiger partial charge >= 0.3 is 0 Å². The zero-order chi connectivity index (χ0) is 17.0. The highest BCUT2D eigenvalue weighted by atomic mass is 32.2. The Labute approximate surface area is 135 Å². The fourth-order valence-corrected chi connectivity index (χ4v) is 6.11. The maximum atomic E-state index is 14.4. The predicted octanol–water partition coefficient (Wildman–Crippen LogP) is 0.229. The number of sulfone groups is 1. The molecule has 1 aliphatic carbocycles. The molecule has 2 saturated heterocycles. The van der Waals surface area contributed by atoms with E-state index in [2.05, 4.69) is 0 Å². The van der Waals surface area contributed by atoms with Crippen LogP contribution in [0.5, 0.6) is 0 Å². The van der Waals surface area contributed by atoms with Crippen molar-refractivity contribution in [3.8, 4) is 0 Å². The van der Waals surface area contributed by atoms with Crippen LogP contribution in [0.3, 0.4) is 0 Å². The number of carbonyl (C=O) groups excluding carboxylic acids is 2. The Morgan fingerprint density at radius 1 is 1.22 bits per heavy atom. The van der Waals surface area contributed by atoms with Crippen molar-refractivity contribution in [3.63, 3.8) is 0 Å². The second-order valence-electron chi connectivity index (χ2n) is 7.23. The fraction of sp³-hybridized carbons (Fsp3) is 0.867. The topological polar surface area (TPSA) is 74.8 Å². The van der Waals surface area contributed by atoms with Crippen LogP contribution in [0.25, 0.3) is 0 Å². The molecule has 6 nitrogen and oxygen atoms in total. The molecule has 0 aromatic heterocycles. The number of alkyl halides is 1. The summed E-state index contributed by atoms with van der Waals surface area (Å²) in [6, 6.07) is 0. The number of halogens is 1. The summed E-state index contributed by atoms with van der Waals surface area (Å²) < 4.78 is 39.1. The first kappa shape index (κ1) is 16.7. The summed E-state index contributed by atoms with van der Waals surface area (Å²) in [4.78, 5) is 27.5. The molecule has 0 spiro atoms. The fourth-order valence-electron chi connectivity index (χ4n) is 4.01. The molecule has 3 atom stereocenters. The van der Waals surface area contributed by atoms with Gasteiger partial charge in [0.15, 0.2) is 15.5 Å². The van der Waals surface area contributed by atoms with Gasteiger partial charge in [-0.3, -0.25) is 9.59 Å². The predicted molar refractivity (Wildman–Crippen MR) is 82.1 cm³/mol. The minimum absolute atomic E-state index is 0.0225. The van der Waals surface area contributed by atoms with Crippen LogP contribution >= 0.6 is 0 Å². The SMILES string of the molecule is CN(C)C(=O)[C@@H]1CCS(=O)(=O)[C@@H]2CN(C(=O)C3(F)CCC3)C[C@@H]21. The van der Waals surface area contributed by atoms with E-state index in [-0.39, 0.29) is 44.0 Å². The average molecular weight is 346 g/mol. The van der Waals surface area contributed by atoms with E-state index in [0.29, 0.717) is 6.42 Å². The molecular weight excluding hydrogens is 323 g/mol. The molecule has 0 radical (unpaired) electrons. The van der Waals surface area contributed by atoms with Crippen molar-refractivity contribution in [1.29, 1.82) is 0 Å². The molecular formula is C15H23FN2O4S. The van der Waals surface area contributed by atoms with E-state index >= 15 is 0 Å². The molecule has 23 heavy (non-hydrogen) atoms. The van der Waals surface area contributed by atoms with Crippen LogP contribution in [0.4, 0.5) is 4.39 Å². The second-order valence-corrected chi connectivity index (χ2v) is 9.57. The Morgan fingerprint density at radius 2 is 1.87 bits per heavy atom. The third-order valence-electron chi connectivity index (χ3n) is 5.58. The molecule has 2 amide bonds. The first-order valence-corrected chi connectivity index (χ1v) is 9.78. The summed E-state index contributed by atoms with van der Waals surface area (Å²) in [5.41, 5.74) is -1.82. The molecule has 8 heteroatoms. The lowest BCUT2D eigenvalue weighted by Gasteiger charge is -2.35. The number of carbonyl (C=O) groups is 2. The van der Waals surface area contributed by atoms with Crippen molar-refractivity contribution >= 4 is 21.7 Å². The quantitative estimate of drug-likeness (QED) is 0.717. The maximum Gasteiger partial charge on any atom is 0.260 e. The number of nitrogens with zero attached hydrogens (tertiary/aromatic N) is 2. The van der Waals surface area contributed by atoms with Crippen LogP contribution in [0.2, 0.25) is 0 Å². The molecule has 0 bridgehead atoms. The zero-order valence-corrected chi connectivity index (χ0v) is 14.3. The van der Waals surface area contributed by atoms with Crippen molar-refractivity contribution < 1.29 is 22.4 Å². The Kier molecular flexibility index (Phi) is 3.93. The molecule has 1 saturated carbocycles. The summed E-state index contributed by atoms with van der Waals surface area (Å²) in [6.45, 7) is 0.188. The van der Waals surface area contributed by atoms with Gasteiger partial charge in [0.05, 0.1) is 11.0 Å². The molecule has 3 rings (SSSR count). The molecule has 0 aromatic carbocycles. The summed E-state index contributed by atoms with van der Waals surface area (Å²) in [6.07, 6.45) is 1.39.